The molecule has 2 aromatic carbocycles. The number of rotatable bonds is 3. The van der Waals surface area contributed by atoms with Crippen LogP contribution < -0.4 is 0 Å². The Hall–Kier alpha value is -3.20. The summed E-state index contributed by atoms with van der Waals surface area (Å²) in [6.07, 6.45) is 1.74. The Morgan fingerprint density at radius 1 is 0.826 bits per heavy atom. The molecular formula is C20H14N2O. The maximum absolute atomic E-state index is 13.0. The standard InChI is InChI=1S/C20H14N2O/c23-20(15-8-2-1-3-9-15)18-14-16-10-4-5-11-17(16)22(18)19-12-6-7-13-21-19/h1-14H. The minimum Gasteiger partial charge on any atom is -0.290 e. The van der Waals surface area contributed by atoms with Gasteiger partial charge in [-0.05, 0) is 24.3 Å². The normalized spacial score (nSPS) is 10.8. The number of nitrogens with zero attached hydrogens (tertiary/aromatic N) is 2. The topological polar surface area (TPSA) is 34.9 Å². The van der Waals surface area contributed by atoms with Gasteiger partial charge in [-0.1, -0.05) is 54.6 Å². The highest BCUT2D eigenvalue weighted by molar-refractivity contribution is 6.11. The quantitative estimate of drug-likeness (QED) is 0.530. The largest absolute Gasteiger partial charge is 0.290 e. The molecule has 0 unspecified atom stereocenters. The van der Waals surface area contributed by atoms with Crippen molar-refractivity contribution >= 4 is 16.7 Å². The van der Waals surface area contributed by atoms with Crippen LogP contribution in [-0.2, 0) is 0 Å². The number of para-hydroxylation sites is 1. The summed E-state index contributed by atoms with van der Waals surface area (Å²) in [4.78, 5) is 17.4. The summed E-state index contributed by atoms with van der Waals surface area (Å²) in [6.45, 7) is 0. The second-order valence-corrected chi connectivity index (χ2v) is 5.31. The molecule has 0 radical (unpaired) electrons. The Balaban J connectivity index is 1.98. The van der Waals surface area contributed by atoms with Crippen LogP contribution in [0, 0.1) is 0 Å². The van der Waals surface area contributed by atoms with E-state index in [4.69, 9.17) is 0 Å². The average molecular weight is 298 g/mol. The minimum absolute atomic E-state index is 0.00699. The summed E-state index contributed by atoms with van der Waals surface area (Å²) in [5, 5.41) is 1.03. The zero-order chi connectivity index (χ0) is 15.6. The van der Waals surface area contributed by atoms with Gasteiger partial charge in [0.1, 0.15) is 5.82 Å². The molecule has 0 bridgehead atoms. The van der Waals surface area contributed by atoms with Gasteiger partial charge in [-0.25, -0.2) is 4.98 Å². The summed E-state index contributed by atoms with van der Waals surface area (Å²) in [7, 11) is 0. The van der Waals surface area contributed by atoms with Gasteiger partial charge in [-0.3, -0.25) is 9.36 Å². The average Bonchev–Trinajstić information content (AvgIpc) is 3.02. The first-order chi connectivity index (χ1) is 11.3. The molecule has 0 saturated heterocycles. The van der Waals surface area contributed by atoms with Gasteiger partial charge < -0.3 is 0 Å². The van der Waals surface area contributed by atoms with Crippen molar-refractivity contribution in [2.45, 2.75) is 0 Å². The van der Waals surface area contributed by atoms with Gasteiger partial charge in [-0.2, -0.15) is 0 Å². The first-order valence-electron chi connectivity index (χ1n) is 7.46. The van der Waals surface area contributed by atoms with Crippen LogP contribution in [0.25, 0.3) is 16.7 Å². The molecular weight excluding hydrogens is 284 g/mol. The zero-order valence-corrected chi connectivity index (χ0v) is 12.4. The van der Waals surface area contributed by atoms with E-state index in [2.05, 4.69) is 4.98 Å². The van der Waals surface area contributed by atoms with Gasteiger partial charge >= 0.3 is 0 Å². The second-order valence-electron chi connectivity index (χ2n) is 5.31. The molecule has 23 heavy (non-hydrogen) atoms. The molecule has 0 atom stereocenters. The molecule has 0 amide bonds. The number of carbonyl (C=O) groups excluding carboxylic acids is 1. The van der Waals surface area contributed by atoms with E-state index in [1.807, 2.05) is 83.4 Å². The van der Waals surface area contributed by atoms with E-state index in [-0.39, 0.29) is 5.78 Å². The molecule has 0 saturated carbocycles. The fourth-order valence-corrected chi connectivity index (χ4v) is 2.79. The molecule has 0 spiro atoms. The number of hydrogen-bond donors (Lipinski definition) is 0. The van der Waals surface area contributed by atoms with Crippen LogP contribution in [0.4, 0.5) is 0 Å². The van der Waals surface area contributed by atoms with Gasteiger partial charge in [0, 0.05) is 17.1 Å². The van der Waals surface area contributed by atoms with Crippen LogP contribution in [0.15, 0.2) is 85.1 Å². The molecule has 0 fully saturated rings. The molecule has 4 rings (SSSR count). The number of carbonyl (C=O) groups is 1. The maximum atomic E-state index is 13.0. The zero-order valence-electron chi connectivity index (χ0n) is 12.4. The smallest absolute Gasteiger partial charge is 0.209 e. The lowest BCUT2D eigenvalue weighted by molar-refractivity contribution is 0.103. The number of hydrogen-bond acceptors (Lipinski definition) is 2. The van der Waals surface area contributed by atoms with Crippen molar-refractivity contribution in [3.63, 3.8) is 0 Å². The molecule has 4 aromatic rings. The van der Waals surface area contributed by atoms with Crippen LogP contribution >= 0.6 is 0 Å². The van der Waals surface area contributed by atoms with Crippen LogP contribution in [0.1, 0.15) is 16.1 Å². The second kappa shape index (κ2) is 5.54. The van der Waals surface area contributed by atoms with Crippen LogP contribution in [0.5, 0.6) is 0 Å². The highest BCUT2D eigenvalue weighted by atomic mass is 16.1. The summed E-state index contributed by atoms with van der Waals surface area (Å²) >= 11 is 0. The first kappa shape index (κ1) is 13.5. The van der Waals surface area contributed by atoms with Gasteiger partial charge in [-0.15, -0.1) is 0 Å². The summed E-state index contributed by atoms with van der Waals surface area (Å²) in [5.74, 6) is 0.737. The number of aromatic nitrogens is 2. The Morgan fingerprint density at radius 2 is 1.57 bits per heavy atom. The lowest BCUT2D eigenvalue weighted by atomic mass is 10.1. The molecule has 2 aromatic heterocycles. The number of fused-ring (bicyclic) bond motifs is 1. The Morgan fingerprint density at radius 3 is 2.35 bits per heavy atom. The van der Waals surface area contributed by atoms with Crippen molar-refractivity contribution in [1.29, 1.82) is 0 Å². The first-order valence-corrected chi connectivity index (χ1v) is 7.46. The SMILES string of the molecule is O=C(c1ccccc1)c1cc2ccccc2n1-c1ccccn1. The molecule has 3 heteroatoms. The molecule has 2 heterocycles. The fraction of sp³-hybridized carbons (Fsp3) is 0. The highest BCUT2D eigenvalue weighted by Gasteiger charge is 2.18. The lowest BCUT2D eigenvalue weighted by Crippen LogP contribution is -2.09. The van der Waals surface area contributed by atoms with Crippen molar-refractivity contribution in [1.82, 2.24) is 9.55 Å². The van der Waals surface area contributed by atoms with Gasteiger partial charge in [0.15, 0.2) is 0 Å². The van der Waals surface area contributed by atoms with E-state index in [1.165, 1.54) is 0 Å². The minimum atomic E-state index is -0.00699. The summed E-state index contributed by atoms with van der Waals surface area (Å²) in [6, 6.07) is 24.9. The third-order valence-electron chi connectivity index (χ3n) is 3.86. The van der Waals surface area contributed by atoms with E-state index in [9.17, 15) is 4.79 Å². The molecule has 0 aliphatic carbocycles. The van der Waals surface area contributed by atoms with E-state index in [0.29, 0.717) is 11.3 Å². The van der Waals surface area contributed by atoms with Gasteiger partial charge in [0.05, 0.1) is 11.2 Å². The monoisotopic (exact) mass is 298 g/mol. The van der Waals surface area contributed by atoms with Gasteiger partial charge in [0.25, 0.3) is 0 Å². The number of benzene rings is 2. The summed E-state index contributed by atoms with van der Waals surface area (Å²) in [5.41, 5.74) is 2.27. The van der Waals surface area contributed by atoms with Gasteiger partial charge in [0.2, 0.25) is 5.78 Å². The van der Waals surface area contributed by atoms with E-state index in [0.717, 1.165) is 16.7 Å². The van der Waals surface area contributed by atoms with Crippen molar-refractivity contribution in [2.24, 2.45) is 0 Å². The Labute approximate surface area is 133 Å². The van der Waals surface area contributed by atoms with Crippen molar-refractivity contribution in [3.8, 4) is 5.82 Å². The van der Waals surface area contributed by atoms with Crippen LogP contribution in [0.2, 0.25) is 0 Å². The van der Waals surface area contributed by atoms with Crippen molar-refractivity contribution in [2.75, 3.05) is 0 Å². The third-order valence-corrected chi connectivity index (χ3v) is 3.86. The molecule has 0 aliphatic heterocycles. The molecule has 0 aliphatic rings. The van der Waals surface area contributed by atoms with Crippen LogP contribution in [0.3, 0.4) is 0 Å². The Kier molecular flexibility index (Phi) is 3.24. The number of pyridine rings is 1. The summed E-state index contributed by atoms with van der Waals surface area (Å²) < 4.78 is 1.92. The van der Waals surface area contributed by atoms with Crippen molar-refractivity contribution < 1.29 is 4.79 Å². The van der Waals surface area contributed by atoms with Crippen LogP contribution in [-0.4, -0.2) is 15.3 Å². The van der Waals surface area contributed by atoms with E-state index >= 15 is 0 Å². The van der Waals surface area contributed by atoms with Crippen molar-refractivity contribution in [3.05, 3.63) is 96.3 Å². The third kappa shape index (κ3) is 2.32. The maximum Gasteiger partial charge on any atom is 0.209 e. The molecule has 0 N–H and O–H groups in total. The lowest BCUT2D eigenvalue weighted by Gasteiger charge is -2.09. The molecule has 3 nitrogen and oxygen atoms in total. The number of ketones is 1. The predicted octanol–water partition coefficient (Wildman–Crippen LogP) is 4.26. The Bertz CT molecular complexity index is 972. The predicted molar refractivity (Wildman–Crippen MR) is 90.9 cm³/mol. The highest BCUT2D eigenvalue weighted by Crippen LogP contribution is 2.25. The van der Waals surface area contributed by atoms with E-state index < -0.39 is 0 Å². The molecule has 110 valence electrons. The van der Waals surface area contributed by atoms with E-state index in [1.54, 1.807) is 6.20 Å². The fourth-order valence-electron chi connectivity index (χ4n) is 2.79.